The Kier molecular flexibility index (Phi) is 8.02. The van der Waals surface area contributed by atoms with Crippen LogP contribution < -0.4 is 9.64 Å². The zero-order valence-corrected chi connectivity index (χ0v) is 21.4. The molecule has 0 spiro atoms. The van der Waals surface area contributed by atoms with Gasteiger partial charge >= 0.3 is 6.18 Å². The van der Waals surface area contributed by atoms with E-state index >= 15 is 0 Å². The molecule has 0 radical (unpaired) electrons. The van der Waals surface area contributed by atoms with E-state index in [1.807, 2.05) is 11.0 Å². The average molecular weight is 543 g/mol. The van der Waals surface area contributed by atoms with E-state index < -0.39 is 11.7 Å². The molecule has 2 saturated heterocycles. The lowest BCUT2D eigenvalue weighted by atomic mass is 10.1. The maximum atomic E-state index is 13.1. The number of hydrogen-bond acceptors (Lipinski definition) is 5. The van der Waals surface area contributed by atoms with Gasteiger partial charge in [0.15, 0.2) is 0 Å². The molecule has 1 aromatic heterocycles. The van der Waals surface area contributed by atoms with E-state index in [0.29, 0.717) is 50.3 Å². The number of ether oxygens (including phenoxy) is 1. The van der Waals surface area contributed by atoms with Gasteiger partial charge in [-0.3, -0.25) is 9.69 Å². The number of halogens is 4. The zero-order chi connectivity index (χ0) is 27.4. The molecule has 6 nitrogen and oxygen atoms in total. The molecule has 0 bridgehead atoms. The molecule has 2 aliphatic rings. The quantitative estimate of drug-likeness (QED) is 0.399. The standard InChI is InChI=1S/C29H30F4N4O2/c30-24-6-1-21(2-7-24)20-35-15-17-37(18-16-35)28(38)22-3-10-27(34-19-22)36-13-11-26(12-14-36)39-25-8-4-23(5-9-25)29(31,32)33/h1-10,19,26H,11-18,20H2. The van der Waals surface area contributed by atoms with E-state index in [1.54, 1.807) is 24.4 Å². The number of carbonyl (C=O) groups is 1. The normalized spacial score (nSPS) is 17.3. The van der Waals surface area contributed by atoms with Crippen LogP contribution in [0.1, 0.15) is 34.3 Å². The Balaban J connectivity index is 1.08. The van der Waals surface area contributed by atoms with Crippen LogP contribution >= 0.6 is 0 Å². The van der Waals surface area contributed by atoms with E-state index in [9.17, 15) is 22.4 Å². The largest absolute Gasteiger partial charge is 0.490 e. The molecule has 1 amide bonds. The molecule has 0 unspecified atom stereocenters. The summed E-state index contributed by atoms with van der Waals surface area (Å²) in [5, 5.41) is 0. The second kappa shape index (κ2) is 11.6. The van der Waals surface area contributed by atoms with Crippen molar-refractivity contribution in [2.24, 2.45) is 0 Å². The van der Waals surface area contributed by atoms with Gasteiger partial charge < -0.3 is 14.5 Å². The van der Waals surface area contributed by atoms with Crippen molar-refractivity contribution in [1.29, 1.82) is 0 Å². The molecule has 5 rings (SSSR count). The number of nitrogens with zero attached hydrogens (tertiary/aromatic N) is 4. The van der Waals surface area contributed by atoms with Gasteiger partial charge in [-0.15, -0.1) is 0 Å². The number of benzene rings is 2. The molecule has 2 fully saturated rings. The lowest BCUT2D eigenvalue weighted by Crippen LogP contribution is -2.48. The molecule has 10 heteroatoms. The highest BCUT2D eigenvalue weighted by Gasteiger charge is 2.30. The van der Waals surface area contributed by atoms with E-state index in [-0.39, 0.29) is 17.8 Å². The number of rotatable bonds is 6. The Hall–Kier alpha value is -3.66. The first kappa shape index (κ1) is 26.9. The Bertz CT molecular complexity index is 1230. The topological polar surface area (TPSA) is 48.9 Å². The number of alkyl halides is 3. The number of aromatic nitrogens is 1. The number of piperidine rings is 1. The van der Waals surface area contributed by atoms with Crippen LogP contribution in [-0.2, 0) is 12.7 Å². The van der Waals surface area contributed by atoms with Crippen molar-refractivity contribution in [2.75, 3.05) is 44.2 Å². The lowest BCUT2D eigenvalue weighted by Gasteiger charge is -2.35. The summed E-state index contributed by atoms with van der Waals surface area (Å²) in [6.07, 6.45) is -1.40. The fraction of sp³-hybridized carbons (Fsp3) is 0.379. The van der Waals surface area contributed by atoms with Gasteiger partial charge in [0.05, 0.1) is 11.1 Å². The molecule has 3 aromatic rings. The van der Waals surface area contributed by atoms with Crippen molar-refractivity contribution >= 4 is 11.7 Å². The summed E-state index contributed by atoms with van der Waals surface area (Å²) in [4.78, 5) is 23.8. The van der Waals surface area contributed by atoms with Gasteiger partial charge in [0.1, 0.15) is 23.5 Å². The predicted octanol–water partition coefficient (Wildman–Crippen LogP) is 5.25. The molecule has 3 heterocycles. The molecule has 0 atom stereocenters. The maximum absolute atomic E-state index is 13.1. The number of piperazine rings is 1. The predicted molar refractivity (Wildman–Crippen MR) is 139 cm³/mol. The third-order valence-corrected chi connectivity index (χ3v) is 7.22. The van der Waals surface area contributed by atoms with Crippen LogP contribution in [0.15, 0.2) is 66.9 Å². The van der Waals surface area contributed by atoms with Gasteiger partial charge in [0.2, 0.25) is 0 Å². The van der Waals surface area contributed by atoms with Crippen molar-refractivity contribution < 1.29 is 27.1 Å². The van der Waals surface area contributed by atoms with Crippen LogP contribution in [0.4, 0.5) is 23.4 Å². The van der Waals surface area contributed by atoms with E-state index in [4.69, 9.17) is 4.74 Å². The number of hydrogen-bond donors (Lipinski definition) is 0. The van der Waals surface area contributed by atoms with E-state index in [2.05, 4.69) is 14.8 Å². The Morgan fingerprint density at radius 2 is 1.54 bits per heavy atom. The lowest BCUT2D eigenvalue weighted by molar-refractivity contribution is -0.137. The molecular weight excluding hydrogens is 512 g/mol. The van der Waals surface area contributed by atoms with Gasteiger partial charge in [-0.1, -0.05) is 12.1 Å². The number of pyridine rings is 1. The number of carbonyl (C=O) groups excluding carboxylic acids is 1. The highest BCUT2D eigenvalue weighted by Crippen LogP contribution is 2.31. The molecule has 2 aliphatic heterocycles. The van der Waals surface area contributed by atoms with Gasteiger partial charge in [-0.2, -0.15) is 13.2 Å². The first-order valence-electron chi connectivity index (χ1n) is 13.1. The van der Waals surface area contributed by atoms with Gasteiger partial charge in [-0.25, -0.2) is 9.37 Å². The molecule has 0 saturated carbocycles. The van der Waals surface area contributed by atoms with Gasteiger partial charge in [0.25, 0.3) is 5.91 Å². The van der Waals surface area contributed by atoms with Gasteiger partial charge in [-0.05, 0) is 54.1 Å². The van der Waals surface area contributed by atoms with Crippen LogP contribution in [0.5, 0.6) is 5.75 Å². The van der Waals surface area contributed by atoms with Crippen molar-refractivity contribution in [3.05, 3.63) is 89.4 Å². The second-order valence-electron chi connectivity index (χ2n) is 9.93. The smallest absolute Gasteiger partial charge is 0.416 e. The summed E-state index contributed by atoms with van der Waals surface area (Å²) in [7, 11) is 0. The fourth-order valence-corrected chi connectivity index (χ4v) is 4.96. The van der Waals surface area contributed by atoms with Crippen LogP contribution in [0.3, 0.4) is 0 Å². The highest BCUT2D eigenvalue weighted by molar-refractivity contribution is 5.94. The maximum Gasteiger partial charge on any atom is 0.416 e. The van der Waals surface area contributed by atoms with Crippen LogP contribution in [0.2, 0.25) is 0 Å². The van der Waals surface area contributed by atoms with Crippen LogP contribution in [0.25, 0.3) is 0 Å². The average Bonchev–Trinajstić information content (AvgIpc) is 2.95. The summed E-state index contributed by atoms with van der Waals surface area (Å²) in [6.45, 7) is 4.85. The van der Waals surface area contributed by atoms with E-state index in [0.717, 1.165) is 43.1 Å². The van der Waals surface area contributed by atoms with Crippen LogP contribution in [-0.4, -0.2) is 66.1 Å². The fourth-order valence-electron chi connectivity index (χ4n) is 4.96. The highest BCUT2D eigenvalue weighted by atomic mass is 19.4. The summed E-state index contributed by atoms with van der Waals surface area (Å²) in [5.74, 6) is 0.922. The molecule has 0 N–H and O–H groups in total. The first-order chi connectivity index (χ1) is 18.7. The van der Waals surface area contributed by atoms with Crippen molar-refractivity contribution in [2.45, 2.75) is 31.7 Å². The van der Waals surface area contributed by atoms with Gasteiger partial charge in [0, 0.05) is 64.9 Å². The Morgan fingerprint density at radius 3 is 2.13 bits per heavy atom. The Labute approximate surface area is 224 Å². The molecule has 2 aromatic carbocycles. The monoisotopic (exact) mass is 542 g/mol. The zero-order valence-electron chi connectivity index (χ0n) is 21.4. The molecule has 206 valence electrons. The molecule has 0 aliphatic carbocycles. The van der Waals surface area contributed by atoms with Crippen molar-refractivity contribution in [3.63, 3.8) is 0 Å². The second-order valence-corrected chi connectivity index (χ2v) is 9.93. The summed E-state index contributed by atoms with van der Waals surface area (Å²) >= 11 is 0. The minimum absolute atomic E-state index is 0.0425. The number of anilines is 1. The van der Waals surface area contributed by atoms with Crippen molar-refractivity contribution in [1.82, 2.24) is 14.8 Å². The molecular formula is C29H30F4N4O2. The summed E-state index contributed by atoms with van der Waals surface area (Å²) < 4.78 is 57.3. The number of amides is 1. The summed E-state index contributed by atoms with van der Waals surface area (Å²) in [6, 6.07) is 14.9. The Morgan fingerprint density at radius 1 is 0.872 bits per heavy atom. The third kappa shape index (κ3) is 6.86. The van der Waals surface area contributed by atoms with E-state index in [1.165, 1.54) is 24.3 Å². The minimum Gasteiger partial charge on any atom is -0.490 e. The molecule has 39 heavy (non-hydrogen) atoms. The summed E-state index contributed by atoms with van der Waals surface area (Å²) in [5.41, 5.74) is 0.902. The minimum atomic E-state index is -4.36. The third-order valence-electron chi connectivity index (χ3n) is 7.22. The van der Waals surface area contributed by atoms with Crippen molar-refractivity contribution in [3.8, 4) is 5.75 Å². The first-order valence-corrected chi connectivity index (χ1v) is 13.1. The van der Waals surface area contributed by atoms with Crippen LogP contribution in [0, 0.1) is 5.82 Å². The SMILES string of the molecule is O=C(c1ccc(N2CCC(Oc3ccc(C(F)(F)F)cc3)CC2)nc1)N1CCN(Cc2ccc(F)cc2)CC1.